The molecule has 0 saturated heterocycles. The second-order valence-corrected chi connectivity index (χ2v) is 4.25. The quantitative estimate of drug-likeness (QED) is 0.705. The molecule has 0 aromatic rings. The van der Waals surface area contributed by atoms with Gasteiger partial charge in [-0.25, -0.2) is 0 Å². The molecule has 24 heavy (non-hydrogen) atoms. The van der Waals surface area contributed by atoms with E-state index in [4.69, 9.17) is 5.11 Å². The number of halogens is 12. The molecule has 0 heterocycles. The minimum absolute atomic E-state index is 1.87. The predicted octanol–water partition coefficient (Wildman–Crippen LogP) is 3.37. The molecule has 0 bridgehead atoms. The van der Waals surface area contributed by atoms with Crippen molar-refractivity contribution in [2.24, 2.45) is 0 Å². The number of aliphatic hydroxyl groups excluding tert-OH is 1. The number of hydrogen-bond donors (Lipinski definition) is 1. The summed E-state index contributed by atoms with van der Waals surface area (Å²) in [4.78, 5) is 0. The Labute approximate surface area is 125 Å². The molecule has 15 heteroatoms. The molecule has 0 aliphatic heterocycles. The maximum absolute atomic E-state index is 12.0. The maximum Gasteiger partial charge on any atom is 0.423 e. The molecule has 0 aliphatic rings. The van der Waals surface area contributed by atoms with Crippen LogP contribution in [0.3, 0.4) is 0 Å². The van der Waals surface area contributed by atoms with E-state index in [1.54, 1.807) is 0 Å². The van der Waals surface area contributed by atoms with Crippen LogP contribution in [-0.2, 0) is 9.47 Å². The Hall–Kier alpha value is -0.960. The summed E-state index contributed by atoms with van der Waals surface area (Å²) in [6, 6.07) is 0. The fourth-order valence-electron chi connectivity index (χ4n) is 1.21. The van der Waals surface area contributed by atoms with Crippen LogP contribution in [0.1, 0.15) is 0 Å². The van der Waals surface area contributed by atoms with Gasteiger partial charge in [0.25, 0.3) is 0 Å². The lowest BCUT2D eigenvalue weighted by Gasteiger charge is -2.26. The molecule has 0 saturated carbocycles. The van der Waals surface area contributed by atoms with E-state index in [-0.39, 0.29) is 0 Å². The third-order valence-corrected chi connectivity index (χ3v) is 2.10. The molecule has 0 radical (unpaired) electrons. The zero-order chi connectivity index (χ0) is 19.6. The third kappa shape index (κ3) is 7.74. The molecule has 0 aromatic carbocycles. The van der Waals surface area contributed by atoms with Gasteiger partial charge >= 0.3 is 24.7 Å². The molecule has 0 aromatic heterocycles. The first kappa shape index (κ1) is 23.0. The Morgan fingerprint density at radius 2 is 0.750 bits per heavy atom. The zero-order valence-electron chi connectivity index (χ0n) is 10.9. The molecule has 0 fully saturated rings. The summed E-state index contributed by atoms with van der Waals surface area (Å²) in [6.07, 6.45) is -35.2. The molecule has 0 rings (SSSR count). The van der Waals surface area contributed by atoms with Crippen molar-refractivity contribution in [1.82, 2.24) is 0 Å². The lowest BCUT2D eigenvalue weighted by molar-refractivity contribution is -0.332. The molecule has 3 nitrogen and oxygen atoms in total. The molecule has 146 valence electrons. The van der Waals surface area contributed by atoms with E-state index in [1.807, 2.05) is 0 Å². The van der Waals surface area contributed by atoms with Crippen LogP contribution in [-0.4, -0.2) is 61.3 Å². The molecule has 0 amide bonds. The number of alkyl halides is 12. The van der Waals surface area contributed by atoms with Gasteiger partial charge in [-0.3, -0.25) is 0 Å². The van der Waals surface area contributed by atoms with Crippen LogP contribution in [0.25, 0.3) is 0 Å². The molecule has 0 atom stereocenters. The Balaban J connectivity index is 4.72. The van der Waals surface area contributed by atoms with E-state index >= 15 is 0 Å². The standard InChI is InChI=1S/C9H8F12O3/c10-6(11,12)4(7(13,14)15)23-1-3(22)2-24-5(8(16,17)18)9(19,20)21/h3-5,22H,1-2H2. The summed E-state index contributed by atoms with van der Waals surface area (Å²) in [7, 11) is 0. The first-order valence-corrected chi connectivity index (χ1v) is 5.55. The van der Waals surface area contributed by atoms with Crippen LogP contribution in [0.4, 0.5) is 52.7 Å². The minimum Gasteiger partial charge on any atom is -0.388 e. The minimum atomic E-state index is -5.96. The van der Waals surface area contributed by atoms with Gasteiger partial charge in [-0.2, -0.15) is 52.7 Å². The third-order valence-electron chi connectivity index (χ3n) is 2.10. The van der Waals surface area contributed by atoms with Crippen LogP contribution >= 0.6 is 0 Å². The number of aliphatic hydroxyl groups is 1. The highest BCUT2D eigenvalue weighted by atomic mass is 19.4. The van der Waals surface area contributed by atoms with Gasteiger partial charge < -0.3 is 14.6 Å². The first-order valence-electron chi connectivity index (χ1n) is 5.55. The van der Waals surface area contributed by atoms with Crippen LogP contribution in [0, 0.1) is 0 Å². The first-order chi connectivity index (χ1) is 10.4. The molecular weight excluding hydrogens is 384 g/mol. The van der Waals surface area contributed by atoms with E-state index in [1.165, 1.54) is 0 Å². The number of ether oxygens (including phenoxy) is 2. The smallest absolute Gasteiger partial charge is 0.388 e. The summed E-state index contributed by atoms with van der Waals surface area (Å²) in [5.41, 5.74) is 0. The Bertz CT molecular complexity index is 317. The number of hydrogen-bond acceptors (Lipinski definition) is 3. The lowest BCUT2D eigenvalue weighted by Crippen LogP contribution is -2.47. The Morgan fingerprint density at radius 1 is 0.542 bits per heavy atom. The van der Waals surface area contributed by atoms with Crippen LogP contribution in [0.15, 0.2) is 0 Å². The topological polar surface area (TPSA) is 38.7 Å². The normalized spacial score (nSPS) is 15.0. The van der Waals surface area contributed by atoms with Crippen molar-refractivity contribution < 1.29 is 67.3 Å². The van der Waals surface area contributed by atoms with Crippen molar-refractivity contribution in [3.8, 4) is 0 Å². The summed E-state index contributed by atoms with van der Waals surface area (Å²) < 4.78 is 151. The van der Waals surface area contributed by atoms with Gasteiger partial charge in [-0.05, 0) is 0 Å². The SMILES string of the molecule is OC(COC(C(F)(F)F)C(F)(F)F)COC(C(F)(F)F)C(F)(F)F. The average Bonchev–Trinajstić information content (AvgIpc) is 2.21. The lowest BCUT2D eigenvalue weighted by atomic mass is 10.3. The van der Waals surface area contributed by atoms with Crippen LogP contribution < -0.4 is 0 Å². The van der Waals surface area contributed by atoms with E-state index in [0.717, 1.165) is 0 Å². The monoisotopic (exact) mass is 392 g/mol. The Morgan fingerprint density at radius 3 is 0.917 bits per heavy atom. The summed E-state index contributed by atoms with van der Waals surface area (Å²) in [6.45, 7) is -3.74. The largest absolute Gasteiger partial charge is 0.423 e. The van der Waals surface area contributed by atoms with E-state index in [2.05, 4.69) is 9.47 Å². The van der Waals surface area contributed by atoms with Crippen molar-refractivity contribution >= 4 is 0 Å². The zero-order valence-corrected chi connectivity index (χ0v) is 10.9. The summed E-state index contributed by atoms with van der Waals surface area (Å²) >= 11 is 0. The van der Waals surface area contributed by atoms with Gasteiger partial charge in [-0.1, -0.05) is 0 Å². The fourth-order valence-corrected chi connectivity index (χ4v) is 1.21. The van der Waals surface area contributed by atoms with E-state index in [0.29, 0.717) is 0 Å². The summed E-state index contributed by atoms with van der Waals surface area (Å²) in [5, 5.41) is 8.89. The van der Waals surface area contributed by atoms with Crippen molar-refractivity contribution in [3.05, 3.63) is 0 Å². The van der Waals surface area contributed by atoms with E-state index in [9.17, 15) is 52.7 Å². The molecular formula is C9H8F12O3. The predicted molar refractivity (Wildman–Crippen MR) is 49.7 cm³/mol. The summed E-state index contributed by atoms with van der Waals surface area (Å²) in [5.74, 6) is 0. The Kier molecular flexibility index (Phi) is 7.21. The highest BCUT2D eigenvalue weighted by molar-refractivity contribution is 4.78. The maximum atomic E-state index is 12.0. The number of rotatable bonds is 6. The van der Waals surface area contributed by atoms with E-state index < -0.39 is 56.2 Å². The molecule has 0 unspecified atom stereocenters. The van der Waals surface area contributed by atoms with Crippen molar-refractivity contribution in [2.45, 2.75) is 43.0 Å². The van der Waals surface area contributed by atoms with Gasteiger partial charge in [0.2, 0.25) is 12.2 Å². The van der Waals surface area contributed by atoms with Crippen molar-refractivity contribution in [3.63, 3.8) is 0 Å². The van der Waals surface area contributed by atoms with Crippen molar-refractivity contribution in [1.29, 1.82) is 0 Å². The van der Waals surface area contributed by atoms with Crippen LogP contribution in [0.5, 0.6) is 0 Å². The fraction of sp³-hybridized carbons (Fsp3) is 1.00. The van der Waals surface area contributed by atoms with Crippen molar-refractivity contribution in [2.75, 3.05) is 13.2 Å². The van der Waals surface area contributed by atoms with Gasteiger partial charge in [-0.15, -0.1) is 0 Å². The average molecular weight is 392 g/mol. The second-order valence-electron chi connectivity index (χ2n) is 4.25. The molecule has 0 aliphatic carbocycles. The molecule has 0 spiro atoms. The van der Waals surface area contributed by atoms with Gasteiger partial charge in [0.05, 0.1) is 13.2 Å². The van der Waals surface area contributed by atoms with Gasteiger partial charge in [0.15, 0.2) is 0 Å². The highest BCUT2D eigenvalue weighted by Gasteiger charge is 2.59. The van der Waals surface area contributed by atoms with Crippen LogP contribution in [0.2, 0.25) is 0 Å². The molecule has 1 N–H and O–H groups in total. The van der Waals surface area contributed by atoms with Gasteiger partial charge in [0.1, 0.15) is 6.10 Å². The van der Waals surface area contributed by atoms with Gasteiger partial charge in [0, 0.05) is 0 Å². The second kappa shape index (κ2) is 7.51. The highest BCUT2D eigenvalue weighted by Crippen LogP contribution is 2.37.